The van der Waals surface area contributed by atoms with Gasteiger partial charge in [-0.3, -0.25) is 4.79 Å². The molecule has 0 aromatic heterocycles. The molecule has 4 heteroatoms. The van der Waals surface area contributed by atoms with E-state index < -0.39 is 5.24 Å². The van der Waals surface area contributed by atoms with Gasteiger partial charge in [0, 0.05) is 0 Å². The fourth-order valence-corrected chi connectivity index (χ4v) is 1.43. The summed E-state index contributed by atoms with van der Waals surface area (Å²) in [5.74, 6) is 0.631. The molecule has 0 atom stereocenters. The first-order valence-corrected chi connectivity index (χ1v) is 5.58. The van der Waals surface area contributed by atoms with Crippen LogP contribution < -0.4 is 4.74 Å². The van der Waals surface area contributed by atoms with Crippen molar-refractivity contribution in [3.8, 4) is 5.75 Å². The van der Waals surface area contributed by atoms with Crippen LogP contribution in [0.2, 0.25) is 5.02 Å². The molecule has 2 nitrogen and oxygen atoms in total. The van der Waals surface area contributed by atoms with Gasteiger partial charge in [0.05, 0.1) is 11.1 Å². The number of allylic oxidation sites excluding steroid dienone is 1. The number of carbonyl (C=O) groups is 1. The second-order valence-electron chi connectivity index (χ2n) is 3.49. The van der Waals surface area contributed by atoms with Crippen molar-refractivity contribution in [1.29, 1.82) is 0 Å². The molecule has 0 bridgehead atoms. The van der Waals surface area contributed by atoms with Crippen LogP contribution in [0.4, 0.5) is 0 Å². The van der Waals surface area contributed by atoms with E-state index in [1.165, 1.54) is 6.08 Å². The second-order valence-corrected chi connectivity index (χ2v) is 4.27. The maximum Gasteiger partial charge on any atom is 0.245 e. The van der Waals surface area contributed by atoms with Crippen LogP contribution in [0.3, 0.4) is 0 Å². The molecule has 1 rings (SSSR count). The van der Waals surface area contributed by atoms with Crippen molar-refractivity contribution in [2.24, 2.45) is 0 Å². The first-order valence-electron chi connectivity index (χ1n) is 4.83. The lowest BCUT2D eigenvalue weighted by Crippen LogP contribution is -2.05. The molecule has 0 aliphatic heterocycles. The zero-order valence-corrected chi connectivity index (χ0v) is 10.5. The molecule has 1 aromatic carbocycles. The van der Waals surface area contributed by atoms with Gasteiger partial charge in [-0.2, -0.15) is 0 Å². The second kappa shape index (κ2) is 5.92. The third kappa shape index (κ3) is 4.25. The Kier molecular flexibility index (Phi) is 4.84. The highest BCUT2D eigenvalue weighted by Crippen LogP contribution is 2.26. The summed E-state index contributed by atoms with van der Waals surface area (Å²) in [5, 5.41) is -0.00324. The van der Waals surface area contributed by atoms with E-state index in [9.17, 15) is 4.79 Å². The van der Waals surface area contributed by atoms with Gasteiger partial charge < -0.3 is 4.74 Å². The standard InChI is InChI=1S/C12H12Cl2O2/c1-8(2)16-11-5-3-9(7-10(11)13)4-6-12(14)15/h3-8H,1-2H3/b6-4+. The van der Waals surface area contributed by atoms with E-state index in [0.29, 0.717) is 10.8 Å². The predicted octanol–water partition coefficient (Wildman–Crippen LogP) is 3.91. The number of rotatable bonds is 4. The lowest BCUT2D eigenvalue weighted by atomic mass is 10.2. The van der Waals surface area contributed by atoms with Crippen LogP contribution in [0.25, 0.3) is 6.08 Å². The molecular weight excluding hydrogens is 247 g/mol. The highest BCUT2D eigenvalue weighted by molar-refractivity contribution is 6.66. The Hall–Kier alpha value is -0.990. The fraction of sp³-hybridized carbons (Fsp3) is 0.250. The number of hydrogen-bond acceptors (Lipinski definition) is 2. The molecule has 0 unspecified atom stereocenters. The Labute approximate surface area is 105 Å². The first kappa shape index (κ1) is 13.1. The highest BCUT2D eigenvalue weighted by atomic mass is 35.5. The average Bonchev–Trinajstić information content (AvgIpc) is 2.18. The van der Waals surface area contributed by atoms with Crippen molar-refractivity contribution in [2.75, 3.05) is 0 Å². The number of hydrogen-bond donors (Lipinski definition) is 0. The molecule has 0 amide bonds. The fourth-order valence-electron chi connectivity index (χ4n) is 1.13. The van der Waals surface area contributed by atoms with E-state index in [-0.39, 0.29) is 6.10 Å². The molecule has 0 aliphatic carbocycles. The summed E-state index contributed by atoms with van der Waals surface area (Å²) >= 11 is 11.2. The summed E-state index contributed by atoms with van der Waals surface area (Å²) in [6, 6.07) is 5.29. The van der Waals surface area contributed by atoms with Crippen LogP contribution in [0, 0.1) is 0 Å². The normalized spacial score (nSPS) is 11.1. The van der Waals surface area contributed by atoms with E-state index in [1.807, 2.05) is 13.8 Å². The Morgan fingerprint density at radius 1 is 1.44 bits per heavy atom. The Bertz CT molecular complexity index is 411. The quantitative estimate of drug-likeness (QED) is 0.605. The number of ether oxygens (including phenoxy) is 1. The molecule has 0 heterocycles. The molecule has 0 aliphatic rings. The van der Waals surface area contributed by atoms with Crippen LogP contribution in [-0.2, 0) is 4.79 Å². The van der Waals surface area contributed by atoms with Gasteiger partial charge in [-0.1, -0.05) is 23.7 Å². The van der Waals surface area contributed by atoms with Crippen LogP contribution >= 0.6 is 23.2 Å². The van der Waals surface area contributed by atoms with Gasteiger partial charge in [0.25, 0.3) is 0 Å². The van der Waals surface area contributed by atoms with Gasteiger partial charge in [0.2, 0.25) is 5.24 Å². The van der Waals surface area contributed by atoms with Gasteiger partial charge in [-0.25, -0.2) is 0 Å². The van der Waals surface area contributed by atoms with Crippen LogP contribution in [0.15, 0.2) is 24.3 Å². The summed E-state index contributed by atoms with van der Waals surface area (Å²) in [7, 11) is 0. The molecule has 0 N–H and O–H groups in total. The Morgan fingerprint density at radius 3 is 2.62 bits per heavy atom. The van der Waals surface area contributed by atoms with E-state index in [0.717, 1.165) is 5.56 Å². The highest BCUT2D eigenvalue weighted by Gasteiger charge is 2.03. The molecule has 86 valence electrons. The minimum atomic E-state index is -0.515. The summed E-state index contributed by atoms with van der Waals surface area (Å²) in [4.78, 5) is 10.5. The number of benzene rings is 1. The van der Waals surface area contributed by atoms with Crippen molar-refractivity contribution in [3.63, 3.8) is 0 Å². The van der Waals surface area contributed by atoms with Crippen molar-refractivity contribution in [3.05, 3.63) is 34.9 Å². The van der Waals surface area contributed by atoms with Crippen molar-refractivity contribution in [2.45, 2.75) is 20.0 Å². The summed E-state index contributed by atoms with van der Waals surface area (Å²) in [5.41, 5.74) is 0.801. The van der Waals surface area contributed by atoms with Gasteiger partial charge >= 0.3 is 0 Å². The largest absolute Gasteiger partial charge is 0.489 e. The maximum absolute atomic E-state index is 10.5. The van der Waals surface area contributed by atoms with Gasteiger partial charge in [-0.15, -0.1) is 0 Å². The minimum absolute atomic E-state index is 0.0725. The average molecular weight is 259 g/mol. The summed E-state index contributed by atoms with van der Waals surface area (Å²) < 4.78 is 5.48. The summed E-state index contributed by atoms with van der Waals surface area (Å²) in [6.07, 6.45) is 2.94. The Morgan fingerprint density at radius 2 is 2.12 bits per heavy atom. The zero-order valence-electron chi connectivity index (χ0n) is 9.04. The molecule has 0 saturated heterocycles. The number of carbonyl (C=O) groups excluding carboxylic acids is 1. The molecule has 0 radical (unpaired) electrons. The van der Waals surface area contributed by atoms with Crippen LogP contribution in [-0.4, -0.2) is 11.3 Å². The summed E-state index contributed by atoms with van der Waals surface area (Å²) in [6.45, 7) is 3.85. The first-order chi connectivity index (χ1) is 7.49. The lowest BCUT2D eigenvalue weighted by Gasteiger charge is -2.11. The third-order valence-corrected chi connectivity index (χ3v) is 2.15. The lowest BCUT2D eigenvalue weighted by molar-refractivity contribution is -0.107. The van der Waals surface area contributed by atoms with Crippen molar-refractivity contribution < 1.29 is 9.53 Å². The molecule has 1 aromatic rings. The molecule has 16 heavy (non-hydrogen) atoms. The van der Waals surface area contributed by atoms with Gasteiger partial charge in [0.1, 0.15) is 5.75 Å². The maximum atomic E-state index is 10.5. The molecule has 0 saturated carbocycles. The van der Waals surface area contributed by atoms with E-state index in [4.69, 9.17) is 27.9 Å². The third-order valence-electron chi connectivity index (χ3n) is 1.73. The van der Waals surface area contributed by atoms with E-state index >= 15 is 0 Å². The molecule has 0 fully saturated rings. The SMILES string of the molecule is CC(C)Oc1ccc(/C=C/C(=O)Cl)cc1Cl. The smallest absolute Gasteiger partial charge is 0.245 e. The van der Waals surface area contributed by atoms with Crippen molar-refractivity contribution in [1.82, 2.24) is 0 Å². The monoisotopic (exact) mass is 258 g/mol. The molecule has 0 spiro atoms. The van der Waals surface area contributed by atoms with E-state index in [1.54, 1.807) is 24.3 Å². The number of halogens is 2. The van der Waals surface area contributed by atoms with Crippen LogP contribution in [0.5, 0.6) is 5.75 Å². The van der Waals surface area contributed by atoms with Gasteiger partial charge in [0.15, 0.2) is 0 Å². The van der Waals surface area contributed by atoms with Crippen LogP contribution in [0.1, 0.15) is 19.4 Å². The zero-order chi connectivity index (χ0) is 12.1. The minimum Gasteiger partial charge on any atom is -0.489 e. The topological polar surface area (TPSA) is 26.3 Å². The van der Waals surface area contributed by atoms with Crippen molar-refractivity contribution >= 4 is 34.5 Å². The predicted molar refractivity (Wildman–Crippen MR) is 67.1 cm³/mol. The molecular formula is C12H12Cl2O2. The Balaban J connectivity index is 2.86. The van der Waals surface area contributed by atoms with E-state index in [2.05, 4.69) is 0 Å². The van der Waals surface area contributed by atoms with Gasteiger partial charge in [-0.05, 0) is 49.2 Å².